The van der Waals surface area contributed by atoms with Gasteiger partial charge in [-0.2, -0.15) is 0 Å². The molecule has 0 aliphatic rings. The van der Waals surface area contributed by atoms with Gasteiger partial charge in [-0.1, -0.05) is 32.8 Å². The number of nitrogens with zero attached hydrogens (tertiary/aromatic N) is 1. The summed E-state index contributed by atoms with van der Waals surface area (Å²) in [7, 11) is 2.96. The van der Waals surface area contributed by atoms with Crippen LogP contribution in [0.1, 0.15) is 65.5 Å². The third-order valence-electron chi connectivity index (χ3n) is 6.36. The Hall–Kier alpha value is -3.28. The minimum Gasteiger partial charge on any atom is -0.496 e. The van der Waals surface area contributed by atoms with Gasteiger partial charge in [0.05, 0.1) is 19.8 Å². The summed E-state index contributed by atoms with van der Waals surface area (Å²) in [5.41, 5.74) is 4.27. The molecule has 0 aliphatic heterocycles. The number of amides is 1. The zero-order valence-electron chi connectivity index (χ0n) is 20.2. The molecule has 1 N–H and O–H groups in total. The molecular formula is C27H34N2O4. The first kappa shape index (κ1) is 24.4. The summed E-state index contributed by atoms with van der Waals surface area (Å²) in [6, 6.07) is 11.2. The monoisotopic (exact) mass is 450 g/mol. The Morgan fingerprint density at radius 1 is 0.970 bits per heavy atom. The molecule has 1 amide bonds. The molecule has 3 aromatic rings. The van der Waals surface area contributed by atoms with Gasteiger partial charge in [-0.05, 0) is 54.3 Å². The largest absolute Gasteiger partial charge is 0.496 e. The van der Waals surface area contributed by atoms with Crippen molar-refractivity contribution in [3.05, 3.63) is 64.8 Å². The average molecular weight is 451 g/mol. The van der Waals surface area contributed by atoms with Gasteiger partial charge in [0.1, 0.15) is 5.75 Å². The van der Waals surface area contributed by atoms with Crippen molar-refractivity contribution in [1.82, 2.24) is 9.88 Å². The van der Waals surface area contributed by atoms with Crippen molar-refractivity contribution in [3.63, 3.8) is 0 Å². The van der Waals surface area contributed by atoms with Gasteiger partial charge in [-0.3, -0.25) is 4.79 Å². The van der Waals surface area contributed by atoms with E-state index >= 15 is 0 Å². The van der Waals surface area contributed by atoms with Gasteiger partial charge in [-0.15, -0.1) is 0 Å². The molecule has 2 aromatic carbocycles. The predicted octanol–water partition coefficient (Wildman–Crippen LogP) is 5.21. The van der Waals surface area contributed by atoms with Crippen LogP contribution in [0, 0.1) is 5.92 Å². The summed E-state index contributed by atoms with van der Waals surface area (Å²) in [4.78, 5) is 24.7. The van der Waals surface area contributed by atoms with E-state index in [0.29, 0.717) is 35.8 Å². The molecule has 0 radical (unpaired) electrons. The summed E-state index contributed by atoms with van der Waals surface area (Å²) >= 11 is 0. The van der Waals surface area contributed by atoms with E-state index in [2.05, 4.69) is 36.9 Å². The lowest BCUT2D eigenvalue weighted by molar-refractivity contribution is 0.0600. The number of hydrogen-bond acceptors (Lipinski definition) is 4. The van der Waals surface area contributed by atoms with E-state index in [4.69, 9.17) is 9.47 Å². The Bertz CT molecular complexity index is 1130. The molecule has 0 fully saturated rings. The van der Waals surface area contributed by atoms with Gasteiger partial charge in [0.25, 0.3) is 5.91 Å². The lowest BCUT2D eigenvalue weighted by Gasteiger charge is -2.13. The third kappa shape index (κ3) is 5.38. The second kappa shape index (κ2) is 11.0. The summed E-state index contributed by atoms with van der Waals surface area (Å²) in [5, 5.41) is 4.13. The molecule has 0 aliphatic carbocycles. The molecule has 6 nitrogen and oxygen atoms in total. The standard InChI is InChI=1S/C27H34N2O4/c1-6-18(7-2)16-28-26(30)20-11-12-24-23(14-20)22(17-29(24)8-3)13-19-9-10-21(27(31)33-5)15-25(19)32-4/h9-12,14-15,17-18H,6-8,13,16H2,1-5H3,(H,28,30). The molecule has 6 heteroatoms. The Morgan fingerprint density at radius 3 is 2.33 bits per heavy atom. The van der Waals surface area contributed by atoms with Crippen molar-refractivity contribution >= 4 is 22.8 Å². The van der Waals surface area contributed by atoms with Crippen LogP contribution in [0.3, 0.4) is 0 Å². The molecule has 0 unspecified atom stereocenters. The lowest BCUT2D eigenvalue weighted by Crippen LogP contribution is -2.28. The fraction of sp³-hybridized carbons (Fsp3) is 0.407. The van der Waals surface area contributed by atoms with Crippen molar-refractivity contribution in [1.29, 1.82) is 0 Å². The number of aryl methyl sites for hydroxylation is 1. The van der Waals surface area contributed by atoms with Crippen LogP contribution in [0.25, 0.3) is 10.9 Å². The molecule has 1 aromatic heterocycles. The van der Waals surface area contributed by atoms with E-state index in [1.165, 1.54) is 7.11 Å². The molecule has 33 heavy (non-hydrogen) atoms. The Labute approximate surface area is 195 Å². The summed E-state index contributed by atoms with van der Waals surface area (Å²) in [5.74, 6) is 0.690. The van der Waals surface area contributed by atoms with E-state index in [-0.39, 0.29) is 5.91 Å². The van der Waals surface area contributed by atoms with Crippen LogP contribution in [-0.4, -0.2) is 37.2 Å². The van der Waals surface area contributed by atoms with E-state index < -0.39 is 5.97 Å². The summed E-state index contributed by atoms with van der Waals surface area (Å²) in [6.07, 6.45) is 4.85. The number of benzene rings is 2. The molecular weight excluding hydrogens is 416 g/mol. The number of ether oxygens (including phenoxy) is 2. The van der Waals surface area contributed by atoms with E-state index in [9.17, 15) is 9.59 Å². The highest BCUT2D eigenvalue weighted by Crippen LogP contribution is 2.29. The number of esters is 1. The van der Waals surface area contributed by atoms with Crippen molar-refractivity contribution < 1.29 is 19.1 Å². The Balaban J connectivity index is 1.94. The molecule has 0 saturated carbocycles. The highest BCUT2D eigenvalue weighted by molar-refractivity contribution is 5.99. The fourth-order valence-corrected chi connectivity index (χ4v) is 4.17. The van der Waals surface area contributed by atoms with E-state index in [1.807, 2.05) is 24.3 Å². The number of hydrogen-bond donors (Lipinski definition) is 1. The maximum atomic E-state index is 12.8. The van der Waals surface area contributed by atoms with Crippen molar-refractivity contribution in [2.45, 2.75) is 46.6 Å². The SMILES string of the molecule is CCC(CC)CNC(=O)c1ccc2c(c1)c(Cc1ccc(C(=O)OC)cc1OC)cn2CC. The molecule has 0 bridgehead atoms. The van der Waals surface area contributed by atoms with Gasteiger partial charge in [0, 0.05) is 42.2 Å². The van der Waals surface area contributed by atoms with E-state index in [0.717, 1.165) is 41.4 Å². The van der Waals surface area contributed by atoms with Crippen LogP contribution in [0.15, 0.2) is 42.6 Å². The van der Waals surface area contributed by atoms with Gasteiger partial charge in [0.2, 0.25) is 0 Å². The highest BCUT2D eigenvalue weighted by Gasteiger charge is 2.16. The molecule has 3 rings (SSSR count). The van der Waals surface area contributed by atoms with Crippen molar-refractivity contribution in [3.8, 4) is 5.75 Å². The van der Waals surface area contributed by atoms with Gasteiger partial charge in [0.15, 0.2) is 0 Å². The van der Waals surface area contributed by atoms with Crippen LogP contribution >= 0.6 is 0 Å². The number of methoxy groups -OCH3 is 2. The second-order valence-corrected chi connectivity index (χ2v) is 8.26. The zero-order chi connectivity index (χ0) is 24.0. The number of carbonyl (C=O) groups is 2. The second-order valence-electron chi connectivity index (χ2n) is 8.26. The fourth-order valence-electron chi connectivity index (χ4n) is 4.17. The molecule has 0 atom stereocenters. The topological polar surface area (TPSA) is 69.6 Å². The zero-order valence-corrected chi connectivity index (χ0v) is 20.2. The van der Waals surface area contributed by atoms with E-state index in [1.54, 1.807) is 19.2 Å². The number of carbonyl (C=O) groups excluding carboxylic acids is 2. The smallest absolute Gasteiger partial charge is 0.337 e. The van der Waals surface area contributed by atoms with Crippen LogP contribution < -0.4 is 10.1 Å². The average Bonchev–Trinajstić information content (AvgIpc) is 3.20. The third-order valence-corrected chi connectivity index (χ3v) is 6.36. The lowest BCUT2D eigenvalue weighted by atomic mass is 10.0. The summed E-state index contributed by atoms with van der Waals surface area (Å²) in [6.45, 7) is 7.92. The van der Waals surface area contributed by atoms with Crippen LogP contribution in [0.2, 0.25) is 0 Å². The van der Waals surface area contributed by atoms with Gasteiger partial charge >= 0.3 is 5.97 Å². The minimum atomic E-state index is -0.397. The first-order valence-electron chi connectivity index (χ1n) is 11.6. The van der Waals surface area contributed by atoms with Crippen LogP contribution in [0.5, 0.6) is 5.75 Å². The van der Waals surface area contributed by atoms with Crippen LogP contribution in [0.4, 0.5) is 0 Å². The molecule has 1 heterocycles. The first-order valence-corrected chi connectivity index (χ1v) is 11.6. The number of aromatic nitrogens is 1. The molecule has 0 saturated heterocycles. The van der Waals surface area contributed by atoms with Gasteiger partial charge in [-0.25, -0.2) is 4.79 Å². The first-order chi connectivity index (χ1) is 15.9. The molecule has 0 spiro atoms. The van der Waals surface area contributed by atoms with Crippen molar-refractivity contribution in [2.75, 3.05) is 20.8 Å². The predicted molar refractivity (Wildman–Crippen MR) is 131 cm³/mol. The molecule has 176 valence electrons. The Kier molecular flexibility index (Phi) is 8.15. The van der Waals surface area contributed by atoms with Crippen molar-refractivity contribution in [2.24, 2.45) is 5.92 Å². The number of rotatable bonds is 10. The minimum absolute atomic E-state index is 0.0426. The van der Waals surface area contributed by atoms with Gasteiger partial charge < -0.3 is 19.4 Å². The maximum Gasteiger partial charge on any atom is 0.337 e. The summed E-state index contributed by atoms with van der Waals surface area (Å²) < 4.78 is 12.6. The number of nitrogens with one attached hydrogen (secondary N) is 1. The quantitative estimate of drug-likeness (QED) is 0.430. The normalized spacial score (nSPS) is 11.1. The Morgan fingerprint density at radius 2 is 1.70 bits per heavy atom. The maximum absolute atomic E-state index is 12.8. The number of fused-ring (bicyclic) bond motifs is 1. The highest BCUT2D eigenvalue weighted by atomic mass is 16.5. The van der Waals surface area contributed by atoms with Crippen LogP contribution in [-0.2, 0) is 17.7 Å².